The van der Waals surface area contributed by atoms with Crippen molar-refractivity contribution in [1.29, 1.82) is 0 Å². The van der Waals surface area contributed by atoms with Crippen molar-refractivity contribution in [2.45, 2.75) is 6.92 Å². The zero-order valence-electron chi connectivity index (χ0n) is 16.6. The van der Waals surface area contributed by atoms with Crippen LogP contribution in [0.3, 0.4) is 0 Å². The second-order valence-corrected chi connectivity index (χ2v) is 6.97. The van der Waals surface area contributed by atoms with E-state index in [0.717, 1.165) is 50.8 Å². The molecule has 0 saturated heterocycles. The first-order valence-electron chi connectivity index (χ1n) is 9.60. The molecule has 5 rings (SSSR count). The molecule has 0 saturated carbocycles. The summed E-state index contributed by atoms with van der Waals surface area (Å²) in [6, 6.07) is 15.8. The lowest BCUT2D eigenvalue weighted by atomic mass is 10.1. The first kappa shape index (κ1) is 17.9. The molecular weight excluding hydrogens is 376 g/mol. The van der Waals surface area contributed by atoms with Gasteiger partial charge in [-0.1, -0.05) is 0 Å². The van der Waals surface area contributed by atoms with Gasteiger partial charge in [0.05, 0.1) is 5.52 Å². The highest BCUT2D eigenvalue weighted by Crippen LogP contribution is 2.30. The Kier molecular flexibility index (Phi) is 4.40. The maximum Gasteiger partial charge on any atom is 0.141 e. The highest BCUT2D eigenvalue weighted by atomic mass is 16.5. The standard InChI is InChI=1S/C23H20N6O/c1-15-11-17(28-23-19-12-16(24-2)3-5-20(19)26-14-27-23)4-6-21(15)30-18-7-9-29-10-8-25-22(29)13-18/h3-14,24H,1-2H3,(H,26,27,28). The van der Waals surface area contributed by atoms with E-state index in [1.807, 2.05) is 79.3 Å². The van der Waals surface area contributed by atoms with Gasteiger partial charge in [0.2, 0.25) is 0 Å². The number of imidazole rings is 1. The molecule has 7 nitrogen and oxygen atoms in total. The van der Waals surface area contributed by atoms with Crippen LogP contribution < -0.4 is 15.4 Å². The normalized spacial score (nSPS) is 11.0. The molecule has 3 heterocycles. The van der Waals surface area contributed by atoms with Crippen molar-refractivity contribution in [3.05, 3.63) is 79.0 Å². The van der Waals surface area contributed by atoms with Gasteiger partial charge in [-0.2, -0.15) is 0 Å². The predicted octanol–water partition coefficient (Wildman–Crippen LogP) is 5.16. The van der Waals surface area contributed by atoms with Crippen LogP contribution in [0.4, 0.5) is 17.2 Å². The number of fused-ring (bicyclic) bond motifs is 2. The number of nitrogens with zero attached hydrogens (tertiary/aromatic N) is 4. The number of rotatable bonds is 5. The molecule has 0 radical (unpaired) electrons. The summed E-state index contributed by atoms with van der Waals surface area (Å²) in [4.78, 5) is 13.1. The Labute approximate surface area is 173 Å². The summed E-state index contributed by atoms with van der Waals surface area (Å²) in [6.07, 6.45) is 7.17. The van der Waals surface area contributed by atoms with Gasteiger partial charge >= 0.3 is 0 Å². The molecule has 5 aromatic rings. The second-order valence-electron chi connectivity index (χ2n) is 6.97. The van der Waals surface area contributed by atoms with Gasteiger partial charge in [0, 0.05) is 48.5 Å². The smallest absolute Gasteiger partial charge is 0.141 e. The number of benzene rings is 2. The van der Waals surface area contributed by atoms with E-state index < -0.39 is 0 Å². The first-order valence-corrected chi connectivity index (χ1v) is 9.60. The Morgan fingerprint density at radius 2 is 1.80 bits per heavy atom. The lowest BCUT2D eigenvalue weighted by molar-refractivity contribution is 0.478. The number of nitrogens with one attached hydrogen (secondary N) is 2. The molecule has 0 aliphatic rings. The Bertz CT molecular complexity index is 1360. The van der Waals surface area contributed by atoms with Gasteiger partial charge in [-0.05, 0) is 55.0 Å². The second kappa shape index (κ2) is 7.36. The SMILES string of the molecule is CNc1ccc2ncnc(Nc3ccc(Oc4ccn5ccnc5c4)c(C)c3)c2c1. The van der Waals surface area contributed by atoms with Gasteiger partial charge in [-0.15, -0.1) is 0 Å². The minimum atomic E-state index is 0.749. The minimum Gasteiger partial charge on any atom is -0.457 e. The van der Waals surface area contributed by atoms with Crippen LogP contribution in [-0.2, 0) is 0 Å². The number of aryl methyl sites for hydroxylation is 1. The molecule has 0 fully saturated rings. The average molecular weight is 396 g/mol. The zero-order valence-corrected chi connectivity index (χ0v) is 16.6. The number of ether oxygens (including phenoxy) is 1. The van der Waals surface area contributed by atoms with Crippen molar-refractivity contribution in [2.24, 2.45) is 0 Å². The van der Waals surface area contributed by atoms with E-state index >= 15 is 0 Å². The van der Waals surface area contributed by atoms with Crippen LogP contribution in [0.25, 0.3) is 16.6 Å². The molecule has 0 spiro atoms. The maximum absolute atomic E-state index is 6.08. The van der Waals surface area contributed by atoms with Crippen LogP contribution in [0.15, 0.2) is 73.4 Å². The topological polar surface area (TPSA) is 76.4 Å². The molecule has 148 valence electrons. The minimum absolute atomic E-state index is 0.749. The fraction of sp³-hybridized carbons (Fsp3) is 0.0870. The first-order chi connectivity index (χ1) is 14.7. The van der Waals surface area contributed by atoms with Crippen molar-refractivity contribution < 1.29 is 4.74 Å². The summed E-state index contributed by atoms with van der Waals surface area (Å²) in [5.41, 5.74) is 4.68. The molecule has 0 atom stereocenters. The van der Waals surface area contributed by atoms with E-state index in [9.17, 15) is 0 Å². The van der Waals surface area contributed by atoms with Crippen LogP contribution in [0.2, 0.25) is 0 Å². The number of hydrogen-bond acceptors (Lipinski definition) is 6. The molecular formula is C23H20N6O. The summed E-state index contributed by atoms with van der Waals surface area (Å²) in [5.74, 6) is 2.30. The number of hydrogen-bond donors (Lipinski definition) is 2. The molecule has 3 aromatic heterocycles. The largest absolute Gasteiger partial charge is 0.457 e. The molecule has 0 amide bonds. The van der Waals surface area contributed by atoms with E-state index in [1.165, 1.54) is 0 Å². The molecule has 0 aliphatic heterocycles. The van der Waals surface area contributed by atoms with Gasteiger partial charge < -0.3 is 19.8 Å². The van der Waals surface area contributed by atoms with Crippen molar-refractivity contribution >= 4 is 33.7 Å². The van der Waals surface area contributed by atoms with Crippen LogP contribution in [-0.4, -0.2) is 26.4 Å². The average Bonchev–Trinajstić information content (AvgIpc) is 3.23. The summed E-state index contributed by atoms with van der Waals surface area (Å²) < 4.78 is 8.02. The van der Waals surface area contributed by atoms with E-state index in [1.54, 1.807) is 12.5 Å². The van der Waals surface area contributed by atoms with Crippen molar-refractivity contribution in [1.82, 2.24) is 19.4 Å². The fourth-order valence-electron chi connectivity index (χ4n) is 3.37. The monoisotopic (exact) mass is 396 g/mol. The lowest BCUT2D eigenvalue weighted by Gasteiger charge is -2.13. The molecule has 2 aromatic carbocycles. The quantitative estimate of drug-likeness (QED) is 0.427. The maximum atomic E-state index is 6.08. The van der Waals surface area contributed by atoms with E-state index in [-0.39, 0.29) is 0 Å². The van der Waals surface area contributed by atoms with Gasteiger partial charge in [0.1, 0.15) is 29.3 Å². The Morgan fingerprint density at radius 1 is 0.900 bits per heavy atom. The lowest BCUT2D eigenvalue weighted by Crippen LogP contribution is -1.98. The van der Waals surface area contributed by atoms with E-state index in [0.29, 0.717) is 0 Å². The number of anilines is 3. The van der Waals surface area contributed by atoms with Crippen molar-refractivity contribution in [2.75, 3.05) is 17.7 Å². The molecule has 7 heteroatoms. The third-order valence-electron chi connectivity index (χ3n) is 4.96. The molecule has 2 N–H and O–H groups in total. The highest BCUT2D eigenvalue weighted by molar-refractivity contribution is 5.92. The van der Waals surface area contributed by atoms with Gasteiger partial charge in [-0.25, -0.2) is 15.0 Å². The Hall–Kier alpha value is -4.13. The third-order valence-corrected chi connectivity index (χ3v) is 4.96. The summed E-state index contributed by atoms with van der Waals surface area (Å²) in [5, 5.41) is 7.51. The highest BCUT2D eigenvalue weighted by Gasteiger charge is 2.08. The van der Waals surface area contributed by atoms with Crippen LogP contribution >= 0.6 is 0 Å². The third kappa shape index (κ3) is 3.37. The van der Waals surface area contributed by atoms with Gasteiger partial charge in [-0.3, -0.25) is 0 Å². The van der Waals surface area contributed by atoms with Gasteiger partial charge in [0.15, 0.2) is 0 Å². The Balaban J connectivity index is 1.41. The van der Waals surface area contributed by atoms with Crippen LogP contribution in [0.5, 0.6) is 11.5 Å². The van der Waals surface area contributed by atoms with E-state index in [4.69, 9.17) is 4.74 Å². The zero-order chi connectivity index (χ0) is 20.5. The van der Waals surface area contributed by atoms with E-state index in [2.05, 4.69) is 25.6 Å². The Morgan fingerprint density at radius 3 is 2.67 bits per heavy atom. The predicted molar refractivity (Wildman–Crippen MR) is 119 cm³/mol. The fourth-order valence-corrected chi connectivity index (χ4v) is 3.37. The molecule has 0 bridgehead atoms. The molecule has 30 heavy (non-hydrogen) atoms. The molecule has 0 aliphatic carbocycles. The van der Waals surface area contributed by atoms with Crippen LogP contribution in [0, 0.1) is 6.92 Å². The summed E-state index contributed by atoms with van der Waals surface area (Å²) in [6.45, 7) is 2.02. The van der Waals surface area contributed by atoms with Gasteiger partial charge in [0.25, 0.3) is 0 Å². The van der Waals surface area contributed by atoms with Crippen molar-refractivity contribution in [3.8, 4) is 11.5 Å². The summed E-state index contributed by atoms with van der Waals surface area (Å²) in [7, 11) is 1.89. The number of aromatic nitrogens is 4. The summed E-state index contributed by atoms with van der Waals surface area (Å²) >= 11 is 0. The molecule has 0 unspecified atom stereocenters. The van der Waals surface area contributed by atoms with Crippen molar-refractivity contribution in [3.63, 3.8) is 0 Å². The number of pyridine rings is 1. The van der Waals surface area contributed by atoms with Crippen LogP contribution in [0.1, 0.15) is 5.56 Å².